The maximum absolute atomic E-state index is 13.6. The van der Waals surface area contributed by atoms with Crippen LogP contribution in [-0.4, -0.2) is 56.9 Å². The molecule has 6 nitrogen and oxygen atoms in total. The summed E-state index contributed by atoms with van der Waals surface area (Å²) in [6.45, 7) is -0.267. The third kappa shape index (κ3) is 6.64. The summed E-state index contributed by atoms with van der Waals surface area (Å²) in [6.07, 6.45) is 0.551. The number of nitrogens with one attached hydrogen (secondary N) is 2. The molecule has 1 aliphatic heterocycles. The summed E-state index contributed by atoms with van der Waals surface area (Å²) in [5.74, 6) is -1.50. The highest BCUT2D eigenvalue weighted by Crippen LogP contribution is 2.28. The summed E-state index contributed by atoms with van der Waals surface area (Å²) in [5.41, 5.74) is -5.11. The maximum atomic E-state index is 13.6. The van der Waals surface area contributed by atoms with Crippen molar-refractivity contribution < 1.29 is 30.4 Å². The first kappa shape index (κ1) is 25.8. The fraction of sp³-hybridized carbons (Fsp3) is 0.562. The van der Waals surface area contributed by atoms with Gasteiger partial charge in [0.2, 0.25) is 0 Å². The van der Waals surface area contributed by atoms with Crippen molar-refractivity contribution >= 4 is 40.0 Å². The second kappa shape index (κ2) is 10.7. The van der Waals surface area contributed by atoms with E-state index in [-0.39, 0.29) is 74.5 Å². The van der Waals surface area contributed by atoms with Crippen LogP contribution in [0.3, 0.4) is 0 Å². The number of hydrogen-bond donors (Lipinski definition) is 2. The second-order valence-electron chi connectivity index (χ2n) is 6.23. The summed E-state index contributed by atoms with van der Waals surface area (Å²) in [6, 6.07) is 3.63. The van der Waals surface area contributed by atoms with Gasteiger partial charge in [-0.15, -0.1) is 24.0 Å². The number of alkyl halides is 3. The zero-order valence-corrected chi connectivity index (χ0v) is 18.6. The van der Waals surface area contributed by atoms with E-state index >= 15 is 0 Å². The van der Waals surface area contributed by atoms with Crippen LogP contribution in [0, 0.1) is 11.6 Å². The lowest BCUT2D eigenvalue weighted by molar-refractivity contribution is -0.0494. The first-order valence-electron chi connectivity index (χ1n) is 8.52. The monoisotopic (exact) mass is 556 g/mol. The first-order valence-corrected chi connectivity index (χ1v) is 9.96. The van der Waals surface area contributed by atoms with Crippen molar-refractivity contribution in [1.82, 2.24) is 14.9 Å². The van der Waals surface area contributed by atoms with Crippen molar-refractivity contribution in [2.75, 3.05) is 26.7 Å². The number of aliphatic imine (C=N–C) groups is 1. The highest BCUT2D eigenvalue weighted by Gasteiger charge is 2.50. The minimum atomic E-state index is -5.32. The molecule has 1 aromatic carbocycles. The Morgan fingerprint density at radius 3 is 2.41 bits per heavy atom. The van der Waals surface area contributed by atoms with Crippen molar-refractivity contribution in [2.45, 2.75) is 30.8 Å². The Morgan fingerprint density at radius 2 is 1.86 bits per heavy atom. The predicted octanol–water partition coefficient (Wildman–Crippen LogP) is 2.60. The van der Waals surface area contributed by atoms with Crippen LogP contribution < -0.4 is 10.6 Å². The van der Waals surface area contributed by atoms with Gasteiger partial charge in [0, 0.05) is 32.7 Å². The summed E-state index contributed by atoms with van der Waals surface area (Å²) in [7, 11) is -3.83. The molecule has 0 bridgehead atoms. The van der Waals surface area contributed by atoms with Crippen molar-refractivity contribution in [3.8, 4) is 0 Å². The molecule has 1 aliphatic rings. The number of halogens is 6. The summed E-state index contributed by atoms with van der Waals surface area (Å²) >= 11 is 0. The van der Waals surface area contributed by atoms with E-state index in [1.54, 1.807) is 0 Å². The van der Waals surface area contributed by atoms with E-state index in [0.717, 1.165) is 6.07 Å². The Kier molecular flexibility index (Phi) is 9.53. The van der Waals surface area contributed by atoms with Gasteiger partial charge in [0.25, 0.3) is 0 Å². The van der Waals surface area contributed by atoms with Crippen molar-refractivity contribution in [2.24, 2.45) is 4.99 Å². The fourth-order valence-electron chi connectivity index (χ4n) is 2.83. The van der Waals surface area contributed by atoms with E-state index in [9.17, 15) is 30.4 Å². The number of nitrogens with zero attached hydrogens (tertiary/aromatic N) is 2. The average Bonchev–Trinajstić information content (AvgIpc) is 2.63. The van der Waals surface area contributed by atoms with Crippen molar-refractivity contribution in [3.63, 3.8) is 0 Å². The van der Waals surface area contributed by atoms with Gasteiger partial charge < -0.3 is 10.6 Å². The van der Waals surface area contributed by atoms with Gasteiger partial charge in [0.15, 0.2) is 17.6 Å². The maximum Gasteiger partial charge on any atom is 0.511 e. The van der Waals surface area contributed by atoms with E-state index in [2.05, 4.69) is 15.6 Å². The van der Waals surface area contributed by atoms with Gasteiger partial charge in [-0.05, 0) is 30.9 Å². The Bertz CT molecular complexity index is 812. The molecule has 0 saturated carbocycles. The summed E-state index contributed by atoms with van der Waals surface area (Å²) in [4.78, 5) is 3.98. The van der Waals surface area contributed by atoms with Gasteiger partial charge in [-0.3, -0.25) is 4.99 Å². The smallest absolute Gasteiger partial charge is 0.356 e. The number of sulfonamides is 1. The molecule has 1 heterocycles. The molecule has 0 spiro atoms. The van der Waals surface area contributed by atoms with Crippen LogP contribution in [0.4, 0.5) is 22.0 Å². The molecule has 1 aromatic rings. The molecule has 1 saturated heterocycles. The van der Waals surface area contributed by atoms with Gasteiger partial charge in [0.1, 0.15) is 0 Å². The zero-order valence-electron chi connectivity index (χ0n) is 15.5. The SMILES string of the molecule is CN=C(NCCc1cccc(F)c1F)NC1CCN(S(=O)(=O)C(F)(F)F)CC1.I. The quantitative estimate of drug-likeness (QED) is 0.253. The van der Waals surface area contributed by atoms with Crippen LogP contribution in [0.5, 0.6) is 0 Å². The number of hydrogen-bond acceptors (Lipinski definition) is 3. The second-order valence-corrected chi connectivity index (χ2v) is 8.16. The lowest BCUT2D eigenvalue weighted by atomic mass is 10.1. The van der Waals surface area contributed by atoms with Gasteiger partial charge in [-0.25, -0.2) is 17.2 Å². The van der Waals surface area contributed by atoms with E-state index in [1.165, 1.54) is 19.2 Å². The summed E-state index contributed by atoms with van der Waals surface area (Å²) in [5, 5.41) is 5.91. The fourth-order valence-corrected chi connectivity index (χ4v) is 3.82. The third-order valence-corrected chi connectivity index (χ3v) is 6.00. The largest absolute Gasteiger partial charge is 0.511 e. The number of guanidine groups is 1. The molecule has 0 aliphatic carbocycles. The molecular weight excluding hydrogens is 534 g/mol. The average molecular weight is 556 g/mol. The number of rotatable bonds is 5. The van der Waals surface area contributed by atoms with E-state index in [0.29, 0.717) is 10.3 Å². The van der Waals surface area contributed by atoms with Crippen LogP contribution in [-0.2, 0) is 16.4 Å². The highest BCUT2D eigenvalue weighted by atomic mass is 127. The Morgan fingerprint density at radius 1 is 1.24 bits per heavy atom. The summed E-state index contributed by atoms with van der Waals surface area (Å²) < 4.78 is 87.8. The third-order valence-electron chi connectivity index (χ3n) is 4.37. The standard InChI is InChI=1S/C16H21F5N4O2S.HI/c1-22-15(23-8-5-11-3-2-4-13(17)14(11)18)24-12-6-9-25(10-7-12)28(26,27)16(19,20)21;/h2-4,12H,5-10H2,1H3,(H2,22,23,24);1H. The normalized spacial score (nSPS) is 17.0. The van der Waals surface area contributed by atoms with Gasteiger partial charge in [0.05, 0.1) is 0 Å². The molecule has 13 heteroatoms. The predicted molar refractivity (Wildman–Crippen MR) is 110 cm³/mol. The van der Waals surface area contributed by atoms with Crippen LogP contribution in [0.15, 0.2) is 23.2 Å². The van der Waals surface area contributed by atoms with Gasteiger partial charge >= 0.3 is 15.5 Å². The molecule has 1 fully saturated rings. The van der Waals surface area contributed by atoms with Gasteiger partial charge in [-0.1, -0.05) is 12.1 Å². The molecule has 2 N–H and O–H groups in total. The zero-order chi connectivity index (χ0) is 20.9. The highest BCUT2D eigenvalue weighted by molar-refractivity contribution is 14.0. The van der Waals surface area contributed by atoms with Crippen LogP contribution in [0.2, 0.25) is 0 Å². The molecule has 0 amide bonds. The topological polar surface area (TPSA) is 73.8 Å². The van der Waals surface area contributed by atoms with Crippen molar-refractivity contribution in [3.05, 3.63) is 35.4 Å². The first-order chi connectivity index (χ1) is 13.1. The number of piperidine rings is 1. The van der Waals surface area contributed by atoms with Crippen molar-refractivity contribution in [1.29, 1.82) is 0 Å². The Hall–Kier alpha value is -1.22. The lowest BCUT2D eigenvalue weighted by Gasteiger charge is -2.32. The molecule has 29 heavy (non-hydrogen) atoms. The van der Waals surface area contributed by atoms with E-state index in [1.807, 2.05) is 0 Å². The molecule has 0 radical (unpaired) electrons. The molecular formula is C16H22F5IN4O2S. The van der Waals surface area contributed by atoms with Gasteiger partial charge in [-0.2, -0.15) is 17.5 Å². The van der Waals surface area contributed by atoms with Crippen LogP contribution in [0.25, 0.3) is 0 Å². The Balaban J connectivity index is 0.00000420. The minimum Gasteiger partial charge on any atom is -0.356 e. The number of benzene rings is 1. The van der Waals surface area contributed by atoms with E-state index in [4.69, 9.17) is 0 Å². The minimum absolute atomic E-state index is 0. The molecule has 2 rings (SSSR count). The van der Waals surface area contributed by atoms with E-state index < -0.39 is 27.2 Å². The molecule has 0 unspecified atom stereocenters. The Labute approximate surface area is 183 Å². The van der Waals surface area contributed by atoms with Crippen LogP contribution >= 0.6 is 24.0 Å². The lowest BCUT2D eigenvalue weighted by Crippen LogP contribution is -2.51. The van der Waals surface area contributed by atoms with Crippen LogP contribution in [0.1, 0.15) is 18.4 Å². The molecule has 0 atom stereocenters. The molecule has 166 valence electrons. The molecule has 0 aromatic heterocycles.